The van der Waals surface area contributed by atoms with Crippen LogP contribution in [0.2, 0.25) is 0 Å². The van der Waals surface area contributed by atoms with Gasteiger partial charge in [-0.15, -0.1) is 10.2 Å². The minimum absolute atomic E-state index is 0.115. The summed E-state index contributed by atoms with van der Waals surface area (Å²) in [7, 11) is 0. The number of benzene rings is 2. The highest BCUT2D eigenvalue weighted by Crippen LogP contribution is 2.12. The quantitative estimate of drug-likeness (QED) is 0.0927. The highest BCUT2D eigenvalue weighted by molar-refractivity contribution is 5.94. The van der Waals surface area contributed by atoms with Gasteiger partial charge < -0.3 is 10.6 Å². The van der Waals surface area contributed by atoms with Gasteiger partial charge in [0.2, 0.25) is 5.91 Å². The van der Waals surface area contributed by atoms with Crippen LogP contribution in [0.15, 0.2) is 60.9 Å². The molecule has 0 saturated carbocycles. The number of aryl methyl sites for hydroxylation is 1. The Kier molecular flexibility index (Phi) is 11.0. The molecule has 0 spiro atoms. The molecule has 12 heteroatoms. The smallest absolute Gasteiger partial charge is 0.251 e. The molecule has 0 bridgehead atoms. The lowest BCUT2D eigenvalue weighted by Gasteiger charge is -2.07. The Morgan fingerprint density at radius 1 is 0.805 bits per heavy atom. The summed E-state index contributed by atoms with van der Waals surface area (Å²) in [6.07, 6.45) is 8.41. The maximum Gasteiger partial charge on any atom is 0.251 e. The van der Waals surface area contributed by atoms with Crippen molar-refractivity contribution in [2.45, 2.75) is 65.1 Å². The van der Waals surface area contributed by atoms with Gasteiger partial charge in [-0.25, -0.2) is 14.8 Å². The van der Waals surface area contributed by atoms with E-state index in [0.717, 1.165) is 53.9 Å². The van der Waals surface area contributed by atoms with E-state index >= 15 is 0 Å². The van der Waals surface area contributed by atoms with Gasteiger partial charge in [0.05, 0.1) is 31.5 Å². The summed E-state index contributed by atoms with van der Waals surface area (Å²) in [5, 5.41) is 31.5. The summed E-state index contributed by atoms with van der Waals surface area (Å²) in [6.45, 7) is 4.47. The number of carbonyl (C=O) groups excluding carboxylic acids is 2. The highest BCUT2D eigenvalue weighted by atomic mass is 16.5. The van der Waals surface area contributed by atoms with E-state index in [1.807, 2.05) is 33.9 Å². The molecule has 0 unspecified atom stereocenters. The zero-order valence-electron chi connectivity index (χ0n) is 23.3. The first-order chi connectivity index (χ1) is 20.0. The van der Waals surface area contributed by atoms with Crippen molar-refractivity contribution in [2.24, 2.45) is 0 Å². The van der Waals surface area contributed by atoms with E-state index in [1.54, 1.807) is 17.6 Å². The van der Waals surface area contributed by atoms with Crippen LogP contribution >= 0.6 is 0 Å². The van der Waals surface area contributed by atoms with Gasteiger partial charge in [-0.3, -0.25) is 14.8 Å². The number of hydroxylamine groups is 1. The highest BCUT2D eigenvalue weighted by Gasteiger charge is 2.07. The van der Waals surface area contributed by atoms with E-state index in [2.05, 4.69) is 62.4 Å². The molecule has 12 nitrogen and oxygen atoms in total. The average molecular weight is 560 g/mol. The van der Waals surface area contributed by atoms with Crippen molar-refractivity contribution in [3.8, 4) is 0 Å². The number of amides is 2. The van der Waals surface area contributed by atoms with Gasteiger partial charge in [0.1, 0.15) is 5.69 Å². The Balaban J connectivity index is 1.15. The van der Waals surface area contributed by atoms with Crippen molar-refractivity contribution in [1.29, 1.82) is 0 Å². The second kappa shape index (κ2) is 15.3. The first-order valence-electron chi connectivity index (χ1n) is 13.9. The van der Waals surface area contributed by atoms with Crippen LogP contribution in [-0.4, -0.2) is 53.6 Å². The van der Waals surface area contributed by atoms with Crippen molar-refractivity contribution in [3.63, 3.8) is 0 Å². The fourth-order valence-electron chi connectivity index (χ4n) is 4.25. The molecule has 0 aliphatic heterocycles. The lowest BCUT2D eigenvalue weighted by atomic mass is 10.1. The Morgan fingerprint density at radius 3 is 2.02 bits per heavy atom. The third-order valence-corrected chi connectivity index (χ3v) is 6.61. The van der Waals surface area contributed by atoms with Crippen LogP contribution in [0, 0.1) is 0 Å². The lowest BCUT2D eigenvalue weighted by Crippen LogP contribution is -2.24. The summed E-state index contributed by atoms with van der Waals surface area (Å²) in [4.78, 5) is 23.3. The summed E-state index contributed by atoms with van der Waals surface area (Å²) in [6, 6.07) is 15.7. The number of aromatic nitrogens is 6. The Morgan fingerprint density at radius 2 is 1.41 bits per heavy atom. The summed E-state index contributed by atoms with van der Waals surface area (Å²) < 4.78 is 3.67. The maximum absolute atomic E-state index is 12.4. The largest absolute Gasteiger partial charge is 0.379 e. The Hall–Kier alpha value is -4.58. The van der Waals surface area contributed by atoms with E-state index in [0.29, 0.717) is 44.6 Å². The molecule has 2 amide bonds. The lowest BCUT2D eigenvalue weighted by molar-refractivity contribution is -0.129. The fraction of sp³-hybridized carbons (Fsp3) is 0.379. The number of carbonyl (C=O) groups is 2. The topological polar surface area (TPSA) is 152 Å². The molecule has 4 aromatic rings. The van der Waals surface area contributed by atoms with Gasteiger partial charge in [-0.2, -0.15) is 0 Å². The minimum atomic E-state index is -0.369. The number of rotatable bonds is 16. The maximum atomic E-state index is 12.4. The number of anilines is 1. The van der Waals surface area contributed by atoms with E-state index in [9.17, 15) is 9.59 Å². The second-order valence-electron chi connectivity index (χ2n) is 9.87. The number of nitrogens with zero attached hydrogens (tertiary/aromatic N) is 6. The van der Waals surface area contributed by atoms with Gasteiger partial charge in [0, 0.05) is 30.4 Å². The monoisotopic (exact) mass is 559 g/mol. The van der Waals surface area contributed by atoms with Gasteiger partial charge in [0.15, 0.2) is 0 Å². The summed E-state index contributed by atoms with van der Waals surface area (Å²) in [5.74, 6) is -0.484. The molecule has 2 heterocycles. The van der Waals surface area contributed by atoms with E-state index in [-0.39, 0.29) is 11.8 Å². The van der Waals surface area contributed by atoms with E-state index < -0.39 is 0 Å². The van der Waals surface area contributed by atoms with E-state index in [4.69, 9.17) is 5.21 Å². The molecule has 0 saturated heterocycles. The van der Waals surface area contributed by atoms with Crippen molar-refractivity contribution in [2.75, 3.05) is 11.9 Å². The molecule has 0 aliphatic rings. The van der Waals surface area contributed by atoms with Gasteiger partial charge in [-0.05, 0) is 54.7 Å². The molecular weight excluding hydrogens is 522 g/mol. The molecule has 0 aliphatic carbocycles. The van der Waals surface area contributed by atoms with Crippen LogP contribution in [0.1, 0.15) is 71.9 Å². The molecule has 0 atom stereocenters. The molecule has 2 aromatic carbocycles. The molecule has 0 fully saturated rings. The van der Waals surface area contributed by atoms with E-state index in [1.165, 1.54) is 0 Å². The predicted molar refractivity (Wildman–Crippen MR) is 153 cm³/mol. The van der Waals surface area contributed by atoms with Crippen molar-refractivity contribution >= 4 is 17.5 Å². The molecule has 4 rings (SSSR count). The number of unbranched alkanes of at least 4 members (excludes halogenated alkanes) is 3. The third-order valence-electron chi connectivity index (χ3n) is 6.61. The van der Waals surface area contributed by atoms with Gasteiger partial charge in [-0.1, -0.05) is 54.5 Å². The average Bonchev–Trinajstić information content (AvgIpc) is 3.65. The zero-order chi connectivity index (χ0) is 28.9. The van der Waals surface area contributed by atoms with Gasteiger partial charge in [0.25, 0.3) is 5.91 Å². The molecular formula is C29H37N9O3. The first kappa shape index (κ1) is 29.4. The summed E-state index contributed by atoms with van der Waals surface area (Å²) in [5.41, 5.74) is 7.21. The van der Waals surface area contributed by atoms with Crippen LogP contribution in [0.4, 0.5) is 5.69 Å². The minimum Gasteiger partial charge on any atom is -0.379 e. The predicted octanol–water partition coefficient (Wildman–Crippen LogP) is 3.33. The van der Waals surface area contributed by atoms with Crippen LogP contribution in [-0.2, 0) is 30.8 Å². The van der Waals surface area contributed by atoms with Crippen LogP contribution < -0.4 is 16.1 Å². The standard InChI is InChI=1S/C29H37N9O3/c1-2-25-20-37(35-32-25)18-22-8-10-23(11-9-22)19-38-21-27(33-36-38)17-31-26-14-12-24(13-15-26)29(40)30-16-6-4-3-5-7-28(39)34-41/h8-15,20-21,31,41H,2-7,16-19H2,1H3,(H,30,40)(H,34,39). The van der Waals surface area contributed by atoms with Crippen LogP contribution in [0.5, 0.6) is 0 Å². The Labute approximate surface area is 239 Å². The molecule has 0 radical (unpaired) electrons. The first-order valence-corrected chi connectivity index (χ1v) is 13.9. The molecule has 41 heavy (non-hydrogen) atoms. The number of hydrogen-bond acceptors (Lipinski definition) is 8. The third kappa shape index (κ3) is 9.53. The Bertz CT molecular complexity index is 1380. The number of nitrogens with one attached hydrogen (secondary N) is 3. The van der Waals surface area contributed by atoms with Crippen molar-refractivity contribution < 1.29 is 14.8 Å². The molecule has 216 valence electrons. The van der Waals surface area contributed by atoms with Gasteiger partial charge >= 0.3 is 0 Å². The van der Waals surface area contributed by atoms with Crippen LogP contribution in [0.25, 0.3) is 0 Å². The van der Waals surface area contributed by atoms with Crippen molar-refractivity contribution in [1.82, 2.24) is 40.8 Å². The van der Waals surface area contributed by atoms with Crippen molar-refractivity contribution in [3.05, 3.63) is 89.0 Å². The molecule has 2 aromatic heterocycles. The molecule has 4 N–H and O–H groups in total. The summed E-state index contributed by atoms with van der Waals surface area (Å²) >= 11 is 0. The number of hydrogen-bond donors (Lipinski definition) is 4. The zero-order valence-corrected chi connectivity index (χ0v) is 23.3. The normalized spacial score (nSPS) is 10.9. The fourth-order valence-corrected chi connectivity index (χ4v) is 4.25. The second-order valence-corrected chi connectivity index (χ2v) is 9.87. The SMILES string of the molecule is CCc1cn(Cc2ccc(Cn3cc(CNc4ccc(C(=O)NCCCCCCC(=O)NO)cc4)nn3)cc2)nn1. The van der Waals surface area contributed by atoms with Crippen LogP contribution in [0.3, 0.4) is 0 Å².